The Morgan fingerprint density at radius 3 is 2.43 bits per heavy atom. The van der Waals surface area contributed by atoms with Crippen LogP contribution in [0, 0.1) is 0 Å². The summed E-state index contributed by atoms with van der Waals surface area (Å²) < 4.78 is 5.99. The first-order valence-corrected chi connectivity index (χ1v) is 7.82. The first-order chi connectivity index (χ1) is 11.2. The molecule has 3 heteroatoms. The summed E-state index contributed by atoms with van der Waals surface area (Å²) in [7, 11) is 0. The SMILES string of the molecule is O=C1Cc2c(oc3ccccc3c2=O)CC(c2ccccc2)C1. The van der Waals surface area contributed by atoms with Gasteiger partial charge in [0.05, 0.1) is 5.39 Å². The third kappa shape index (κ3) is 2.48. The van der Waals surface area contributed by atoms with Gasteiger partial charge in [0.15, 0.2) is 5.43 Å². The lowest BCUT2D eigenvalue weighted by molar-refractivity contribution is -0.118. The molecular formula is C20H16O3. The Morgan fingerprint density at radius 2 is 1.61 bits per heavy atom. The largest absolute Gasteiger partial charge is 0.460 e. The molecule has 2 aromatic carbocycles. The van der Waals surface area contributed by atoms with Crippen LogP contribution < -0.4 is 5.43 Å². The van der Waals surface area contributed by atoms with Crippen molar-refractivity contribution in [2.75, 3.05) is 0 Å². The van der Waals surface area contributed by atoms with Gasteiger partial charge >= 0.3 is 0 Å². The van der Waals surface area contributed by atoms with Crippen molar-refractivity contribution in [3.63, 3.8) is 0 Å². The Hall–Kier alpha value is -2.68. The number of ketones is 1. The first kappa shape index (κ1) is 13.9. The summed E-state index contributed by atoms with van der Waals surface area (Å²) in [5.41, 5.74) is 2.18. The molecule has 0 saturated heterocycles. The topological polar surface area (TPSA) is 47.3 Å². The molecule has 1 heterocycles. The number of hydrogen-bond acceptors (Lipinski definition) is 3. The standard InChI is InChI=1S/C20H16O3/c21-15-10-14(13-6-2-1-3-7-13)11-19-17(12-15)20(22)16-8-4-5-9-18(16)23-19/h1-9,14H,10-12H2. The lowest BCUT2D eigenvalue weighted by Gasteiger charge is -2.14. The summed E-state index contributed by atoms with van der Waals surface area (Å²) in [5.74, 6) is 0.822. The van der Waals surface area contributed by atoms with E-state index in [1.807, 2.05) is 42.5 Å². The third-order valence-corrected chi connectivity index (χ3v) is 4.53. The van der Waals surface area contributed by atoms with E-state index in [9.17, 15) is 9.59 Å². The van der Waals surface area contributed by atoms with Crippen molar-refractivity contribution in [3.8, 4) is 0 Å². The van der Waals surface area contributed by atoms with Crippen LogP contribution in [0.5, 0.6) is 0 Å². The molecule has 114 valence electrons. The number of carbonyl (C=O) groups excluding carboxylic acids is 1. The van der Waals surface area contributed by atoms with Crippen LogP contribution in [0.3, 0.4) is 0 Å². The van der Waals surface area contributed by atoms with E-state index in [1.165, 1.54) is 0 Å². The van der Waals surface area contributed by atoms with E-state index in [0.717, 1.165) is 5.56 Å². The second kappa shape index (κ2) is 5.51. The molecule has 0 bridgehead atoms. The summed E-state index contributed by atoms with van der Waals surface area (Å²) in [6.45, 7) is 0. The zero-order valence-electron chi connectivity index (χ0n) is 12.6. The van der Waals surface area contributed by atoms with Crippen molar-refractivity contribution in [2.45, 2.75) is 25.2 Å². The smallest absolute Gasteiger partial charge is 0.196 e. The number of para-hydroxylation sites is 1. The minimum absolute atomic E-state index is 0.0641. The van der Waals surface area contributed by atoms with E-state index < -0.39 is 0 Å². The molecule has 3 nitrogen and oxygen atoms in total. The maximum absolute atomic E-state index is 12.7. The monoisotopic (exact) mass is 304 g/mol. The van der Waals surface area contributed by atoms with E-state index in [-0.39, 0.29) is 23.6 Å². The van der Waals surface area contributed by atoms with Crippen LogP contribution in [0.2, 0.25) is 0 Å². The second-order valence-electron chi connectivity index (χ2n) is 6.06. The molecule has 0 amide bonds. The van der Waals surface area contributed by atoms with Gasteiger partial charge in [-0.1, -0.05) is 42.5 Å². The van der Waals surface area contributed by atoms with Gasteiger partial charge in [-0.05, 0) is 23.6 Å². The van der Waals surface area contributed by atoms with Crippen molar-refractivity contribution in [1.82, 2.24) is 0 Å². The van der Waals surface area contributed by atoms with Crippen molar-refractivity contribution in [2.24, 2.45) is 0 Å². The predicted molar refractivity (Wildman–Crippen MR) is 88.7 cm³/mol. The molecule has 1 unspecified atom stereocenters. The normalized spacial score (nSPS) is 17.7. The molecule has 1 atom stereocenters. The minimum Gasteiger partial charge on any atom is -0.460 e. The lowest BCUT2D eigenvalue weighted by atomic mass is 9.91. The molecule has 1 aromatic heterocycles. The van der Waals surface area contributed by atoms with Crippen molar-refractivity contribution in [1.29, 1.82) is 0 Å². The minimum atomic E-state index is -0.0658. The van der Waals surface area contributed by atoms with Gasteiger partial charge in [0.2, 0.25) is 0 Å². The van der Waals surface area contributed by atoms with Crippen LogP contribution in [0.25, 0.3) is 11.0 Å². The highest BCUT2D eigenvalue weighted by atomic mass is 16.3. The summed E-state index contributed by atoms with van der Waals surface area (Å²) in [4.78, 5) is 25.0. The molecule has 0 N–H and O–H groups in total. The Morgan fingerprint density at radius 1 is 0.870 bits per heavy atom. The number of carbonyl (C=O) groups is 1. The van der Waals surface area contributed by atoms with Crippen LogP contribution >= 0.6 is 0 Å². The van der Waals surface area contributed by atoms with Gasteiger partial charge in [0.1, 0.15) is 17.1 Å². The molecule has 0 spiro atoms. The van der Waals surface area contributed by atoms with Gasteiger partial charge in [0, 0.05) is 24.8 Å². The van der Waals surface area contributed by atoms with E-state index in [2.05, 4.69) is 0 Å². The summed E-state index contributed by atoms with van der Waals surface area (Å²) in [5, 5.41) is 0.553. The quantitative estimate of drug-likeness (QED) is 0.645. The number of Topliss-reactive ketones (excluding diaryl/α,β-unsaturated/α-hetero) is 1. The highest BCUT2D eigenvalue weighted by molar-refractivity contribution is 5.85. The lowest BCUT2D eigenvalue weighted by Crippen LogP contribution is -2.14. The van der Waals surface area contributed by atoms with E-state index in [1.54, 1.807) is 12.1 Å². The van der Waals surface area contributed by atoms with Crippen LogP contribution in [-0.4, -0.2) is 5.78 Å². The van der Waals surface area contributed by atoms with Gasteiger partial charge in [-0.2, -0.15) is 0 Å². The molecule has 0 saturated carbocycles. The van der Waals surface area contributed by atoms with Gasteiger partial charge < -0.3 is 4.42 Å². The predicted octanol–water partition coefficient (Wildman–Crippen LogP) is 3.63. The fraction of sp³-hybridized carbons (Fsp3) is 0.200. The summed E-state index contributed by atoms with van der Waals surface area (Å²) in [6, 6.07) is 17.2. The Kier molecular flexibility index (Phi) is 3.34. The molecule has 0 radical (unpaired) electrons. The molecule has 0 fully saturated rings. The molecule has 4 rings (SSSR count). The third-order valence-electron chi connectivity index (χ3n) is 4.53. The van der Waals surface area contributed by atoms with Gasteiger partial charge in [-0.15, -0.1) is 0 Å². The van der Waals surface area contributed by atoms with Gasteiger partial charge in [0.25, 0.3) is 0 Å². The van der Waals surface area contributed by atoms with Crippen molar-refractivity contribution >= 4 is 16.8 Å². The Bertz CT molecular complexity index is 938. The van der Waals surface area contributed by atoms with Crippen LogP contribution in [-0.2, 0) is 17.6 Å². The average Bonchev–Trinajstić information content (AvgIpc) is 2.75. The number of benzene rings is 2. The summed E-state index contributed by atoms with van der Waals surface area (Å²) in [6.07, 6.45) is 1.21. The van der Waals surface area contributed by atoms with Crippen molar-refractivity contribution < 1.29 is 9.21 Å². The van der Waals surface area contributed by atoms with Crippen molar-refractivity contribution in [3.05, 3.63) is 81.7 Å². The van der Waals surface area contributed by atoms with Crippen LogP contribution in [0.15, 0.2) is 63.8 Å². The average molecular weight is 304 g/mol. The highest BCUT2D eigenvalue weighted by Gasteiger charge is 2.27. The molecular weight excluding hydrogens is 288 g/mol. The maximum Gasteiger partial charge on any atom is 0.196 e. The van der Waals surface area contributed by atoms with Crippen LogP contribution in [0.4, 0.5) is 0 Å². The first-order valence-electron chi connectivity index (χ1n) is 7.82. The van der Waals surface area contributed by atoms with Gasteiger partial charge in [-0.3, -0.25) is 9.59 Å². The fourth-order valence-electron chi connectivity index (χ4n) is 3.37. The summed E-state index contributed by atoms with van der Waals surface area (Å²) >= 11 is 0. The zero-order valence-corrected chi connectivity index (χ0v) is 12.6. The molecule has 1 aliphatic carbocycles. The van der Waals surface area contributed by atoms with Crippen LogP contribution in [0.1, 0.15) is 29.2 Å². The van der Waals surface area contributed by atoms with Gasteiger partial charge in [-0.25, -0.2) is 0 Å². The molecule has 23 heavy (non-hydrogen) atoms. The second-order valence-corrected chi connectivity index (χ2v) is 6.06. The highest BCUT2D eigenvalue weighted by Crippen LogP contribution is 2.30. The number of fused-ring (bicyclic) bond motifs is 2. The molecule has 3 aromatic rings. The number of hydrogen-bond donors (Lipinski definition) is 0. The Labute approximate surface area is 133 Å². The Balaban J connectivity index is 1.87. The van der Waals surface area contributed by atoms with E-state index >= 15 is 0 Å². The van der Waals surface area contributed by atoms with E-state index in [0.29, 0.717) is 35.1 Å². The molecule has 0 aliphatic heterocycles. The maximum atomic E-state index is 12.7. The number of rotatable bonds is 1. The zero-order chi connectivity index (χ0) is 15.8. The molecule has 1 aliphatic rings. The fourth-order valence-corrected chi connectivity index (χ4v) is 3.37. The van der Waals surface area contributed by atoms with E-state index in [4.69, 9.17) is 4.42 Å².